The van der Waals surface area contributed by atoms with Gasteiger partial charge in [-0.25, -0.2) is 4.98 Å². The summed E-state index contributed by atoms with van der Waals surface area (Å²) in [6.45, 7) is 2.18. The second-order valence-electron chi connectivity index (χ2n) is 4.61. The topological polar surface area (TPSA) is 84.1 Å². The van der Waals surface area contributed by atoms with Gasteiger partial charge in [0.05, 0.1) is 12.9 Å². The molecule has 0 unspecified atom stereocenters. The van der Waals surface area contributed by atoms with Crippen LogP contribution in [0.15, 0.2) is 40.3 Å². The molecule has 6 nitrogen and oxygen atoms in total. The van der Waals surface area contributed by atoms with Gasteiger partial charge in [-0.1, -0.05) is 23.9 Å². The lowest BCUT2D eigenvalue weighted by molar-refractivity contribution is -0.118. The SMILES string of the molecule is COc1ccc(CNC(=O)CSc2nc(C)cc(=O)[nH]2)cc1. The Labute approximate surface area is 132 Å². The van der Waals surface area contributed by atoms with Crippen molar-refractivity contribution in [3.8, 4) is 5.75 Å². The van der Waals surface area contributed by atoms with Crippen LogP contribution >= 0.6 is 11.8 Å². The van der Waals surface area contributed by atoms with Crippen LogP contribution in [0.4, 0.5) is 0 Å². The lowest BCUT2D eigenvalue weighted by atomic mass is 10.2. The quantitative estimate of drug-likeness (QED) is 0.622. The van der Waals surface area contributed by atoms with Crippen molar-refractivity contribution in [1.29, 1.82) is 0 Å². The summed E-state index contributed by atoms with van der Waals surface area (Å²) in [6, 6.07) is 8.89. The highest BCUT2D eigenvalue weighted by molar-refractivity contribution is 7.99. The van der Waals surface area contributed by atoms with Gasteiger partial charge in [-0.05, 0) is 24.6 Å². The Morgan fingerprint density at radius 1 is 1.36 bits per heavy atom. The smallest absolute Gasteiger partial charge is 0.251 e. The van der Waals surface area contributed by atoms with Gasteiger partial charge in [0.1, 0.15) is 5.75 Å². The molecule has 2 rings (SSSR count). The number of methoxy groups -OCH3 is 1. The van der Waals surface area contributed by atoms with E-state index in [-0.39, 0.29) is 17.2 Å². The van der Waals surface area contributed by atoms with Crippen molar-refractivity contribution in [1.82, 2.24) is 15.3 Å². The number of aryl methyl sites for hydroxylation is 1. The van der Waals surface area contributed by atoms with Crippen LogP contribution in [0.25, 0.3) is 0 Å². The molecule has 0 saturated carbocycles. The molecule has 22 heavy (non-hydrogen) atoms. The highest BCUT2D eigenvalue weighted by Crippen LogP contribution is 2.12. The summed E-state index contributed by atoms with van der Waals surface area (Å²) < 4.78 is 5.07. The molecule has 2 aromatic rings. The number of carbonyl (C=O) groups excluding carboxylic acids is 1. The van der Waals surface area contributed by atoms with Crippen LogP contribution in [0.3, 0.4) is 0 Å². The number of ether oxygens (including phenoxy) is 1. The minimum atomic E-state index is -0.214. The second-order valence-corrected chi connectivity index (χ2v) is 5.57. The fourth-order valence-electron chi connectivity index (χ4n) is 1.75. The maximum atomic E-state index is 11.8. The number of benzene rings is 1. The molecule has 0 aliphatic rings. The van der Waals surface area contributed by atoms with Gasteiger partial charge in [0.2, 0.25) is 5.91 Å². The maximum Gasteiger partial charge on any atom is 0.251 e. The Balaban J connectivity index is 1.81. The number of rotatable bonds is 6. The van der Waals surface area contributed by atoms with Crippen LogP contribution in [0.5, 0.6) is 5.75 Å². The number of nitrogens with one attached hydrogen (secondary N) is 2. The second kappa shape index (κ2) is 7.65. The molecule has 0 spiro atoms. The first-order chi connectivity index (χ1) is 10.6. The van der Waals surface area contributed by atoms with Crippen LogP contribution < -0.4 is 15.6 Å². The van der Waals surface area contributed by atoms with Gasteiger partial charge in [0, 0.05) is 18.3 Å². The van der Waals surface area contributed by atoms with E-state index in [2.05, 4.69) is 15.3 Å². The Kier molecular flexibility index (Phi) is 5.60. The van der Waals surface area contributed by atoms with Crippen molar-refractivity contribution >= 4 is 17.7 Å². The van der Waals surface area contributed by atoms with Crippen molar-refractivity contribution < 1.29 is 9.53 Å². The van der Waals surface area contributed by atoms with E-state index in [9.17, 15) is 9.59 Å². The zero-order valence-electron chi connectivity index (χ0n) is 12.4. The lowest BCUT2D eigenvalue weighted by Gasteiger charge is -2.06. The third-order valence-electron chi connectivity index (χ3n) is 2.84. The molecule has 1 heterocycles. The van der Waals surface area contributed by atoms with Crippen molar-refractivity contribution in [2.24, 2.45) is 0 Å². The number of nitrogens with zero attached hydrogens (tertiary/aromatic N) is 1. The molecule has 0 fully saturated rings. The molecule has 0 radical (unpaired) electrons. The minimum Gasteiger partial charge on any atom is -0.497 e. The summed E-state index contributed by atoms with van der Waals surface area (Å²) in [5, 5.41) is 3.26. The minimum absolute atomic E-state index is 0.120. The van der Waals surface area contributed by atoms with Gasteiger partial charge >= 0.3 is 0 Å². The first kappa shape index (κ1) is 16.1. The van der Waals surface area contributed by atoms with E-state index in [4.69, 9.17) is 4.74 Å². The van der Waals surface area contributed by atoms with Crippen molar-refractivity contribution in [3.63, 3.8) is 0 Å². The van der Waals surface area contributed by atoms with Crippen molar-refractivity contribution in [2.75, 3.05) is 12.9 Å². The predicted molar refractivity (Wildman–Crippen MR) is 85.2 cm³/mol. The number of aromatic amines is 1. The van der Waals surface area contributed by atoms with Crippen LogP contribution in [0.1, 0.15) is 11.3 Å². The van der Waals surface area contributed by atoms with E-state index in [1.54, 1.807) is 14.0 Å². The first-order valence-corrected chi connectivity index (χ1v) is 7.66. The Hall–Kier alpha value is -2.28. The zero-order chi connectivity index (χ0) is 15.9. The third kappa shape index (κ3) is 4.92. The molecule has 1 aromatic heterocycles. The molecule has 0 aliphatic heterocycles. The number of thioether (sulfide) groups is 1. The Morgan fingerprint density at radius 2 is 2.09 bits per heavy atom. The van der Waals surface area contributed by atoms with E-state index in [0.29, 0.717) is 17.4 Å². The van der Waals surface area contributed by atoms with E-state index >= 15 is 0 Å². The molecule has 7 heteroatoms. The van der Waals surface area contributed by atoms with E-state index in [1.165, 1.54) is 17.8 Å². The first-order valence-electron chi connectivity index (χ1n) is 6.67. The number of H-pyrrole nitrogens is 1. The van der Waals surface area contributed by atoms with Gasteiger partial charge in [0.25, 0.3) is 5.56 Å². The summed E-state index contributed by atoms with van der Waals surface area (Å²) in [5.41, 5.74) is 1.40. The monoisotopic (exact) mass is 319 g/mol. The highest BCUT2D eigenvalue weighted by Gasteiger charge is 2.05. The molecule has 2 N–H and O–H groups in total. The Bertz CT molecular complexity index is 698. The predicted octanol–water partition coefficient (Wildman–Crippen LogP) is 1.50. The number of hydrogen-bond donors (Lipinski definition) is 2. The molecule has 0 saturated heterocycles. The fraction of sp³-hybridized carbons (Fsp3) is 0.267. The van der Waals surface area contributed by atoms with Gasteiger partial charge in [-0.3, -0.25) is 9.59 Å². The zero-order valence-corrected chi connectivity index (χ0v) is 13.2. The lowest BCUT2D eigenvalue weighted by Crippen LogP contribution is -2.24. The third-order valence-corrected chi connectivity index (χ3v) is 3.71. The molecule has 1 amide bonds. The molecular weight excluding hydrogens is 302 g/mol. The highest BCUT2D eigenvalue weighted by atomic mass is 32.2. The average Bonchev–Trinajstić information content (AvgIpc) is 2.50. The number of carbonyl (C=O) groups is 1. The van der Waals surface area contributed by atoms with Crippen LogP contribution in [-0.4, -0.2) is 28.7 Å². The summed E-state index contributed by atoms with van der Waals surface area (Å²) in [6.07, 6.45) is 0. The van der Waals surface area contributed by atoms with Crippen LogP contribution in [0.2, 0.25) is 0 Å². The number of hydrogen-bond acceptors (Lipinski definition) is 5. The normalized spacial score (nSPS) is 10.3. The molecule has 0 aliphatic carbocycles. The van der Waals surface area contributed by atoms with E-state index < -0.39 is 0 Å². The summed E-state index contributed by atoms with van der Waals surface area (Å²) in [5.74, 6) is 0.854. The summed E-state index contributed by atoms with van der Waals surface area (Å²) in [4.78, 5) is 29.9. The molecular formula is C15H17N3O3S. The van der Waals surface area contributed by atoms with Gasteiger partial charge in [-0.15, -0.1) is 0 Å². The molecule has 1 aromatic carbocycles. The standard InChI is InChI=1S/C15H17N3O3S/c1-10-7-13(19)18-15(17-10)22-9-14(20)16-8-11-3-5-12(21-2)6-4-11/h3-7H,8-9H2,1-2H3,(H,16,20)(H,17,18,19). The number of aromatic nitrogens is 2. The largest absolute Gasteiger partial charge is 0.497 e. The van der Waals surface area contributed by atoms with Gasteiger partial charge in [0.15, 0.2) is 5.16 Å². The molecule has 116 valence electrons. The maximum absolute atomic E-state index is 11.8. The molecule has 0 bridgehead atoms. The van der Waals surface area contributed by atoms with E-state index in [0.717, 1.165) is 11.3 Å². The molecule has 0 atom stereocenters. The summed E-state index contributed by atoms with van der Waals surface area (Å²) >= 11 is 1.20. The van der Waals surface area contributed by atoms with Crippen molar-refractivity contribution in [2.45, 2.75) is 18.6 Å². The fourth-order valence-corrected chi connectivity index (χ4v) is 2.50. The number of amides is 1. The van der Waals surface area contributed by atoms with E-state index in [1.807, 2.05) is 24.3 Å². The Morgan fingerprint density at radius 3 is 2.73 bits per heavy atom. The van der Waals surface area contributed by atoms with Gasteiger partial charge < -0.3 is 15.0 Å². The van der Waals surface area contributed by atoms with Crippen molar-refractivity contribution in [3.05, 3.63) is 51.9 Å². The van der Waals surface area contributed by atoms with Gasteiger partial charge in [-0.2, -0.15) is 0 Å². The average molecular weight is 319 g/mol. The van der Waals surface area contributed by atoms with Crippen LogP contribution in [-0.2, 0) is 11.3 Å². The van der Waals surface area contributed by atoms with Crippen LogP contribution in [0, 0.1) is 6.92 Å². The summed E-state index contributed by atoms with van der Waals surface area (Å²) in [7, 11) is 1.61.